The van der Waals surface area contributed by atoms with Crippen LogP contribution in [0.5, 0.6) is 5.75 Å². The Morgan fingerprint density at radius 1 is 1.00 bits per heavy atom. The van der Waals surface area contributed by atoms with E-state index in [1.165, 1.54) is 11.1 Å². The summed E-state index contributed by atoms with van der Waals surface area (Å²) in [6, 6.07) is 12.4. The molecule has 0 N–H and O–H groups in total. The molecule has 0 atom stereocenters. The fourth-order valence-corrected chi connectivity index (χ4v) is 1.87. The first-order valence-electron chi connectivity index (χ1n) is 5.90. The molecule has 0 spiro atoms. The van der Waals surface area contributed by atoms with Gasteiger partial charge in [0.1, 0.15) is 5.75 Å². The van der Waals surface area contributed by atoms with Crippen molar-refractivity contribution in [3.05, 3.63) is 59.9 Å². The Balaban J connectivity index is 1.86. The largest absolute Gasteiger partial charge is 0.497 e. The molecule has 2 heteroatoms. The maximum atomic E-state index is 5.21. The van der Waals surface area contributed by atoms with Crippen LogP contribution in [0.4, 0.5) is 0 Å². The molecule has 2 nitrogen and oxygen atoms in total. The van der Waals surface area contributed by atoms with Crippen molar-refractivity contribution < 1.29 is 4.74 Å². The van der Waals surface area contributed by atoms with E-state index in [0.29, 0.717) is 0 Å². The van der Waals surface area contributed by atoms with Crippen LogP contribution in [0.2, 0.25) is 0 Å². The number of pyridine rings is 1. The van der Waals surface area contributed by atoms with E-state index in [-0.39, 0.29) is 0 Å². The molecule has 17 heavy (non-hydrogen) atoms. The van der Waals surface area contributed by atoms with Gasteiger partial charge in [-0.2, -0.15) is 0 Å². The summed E-state index contributed by atoms with van der Waals surface area (Å²) in [6.07, 6.45) is 7.03. The molecular weight excluding hydrogens is 210 g/mol. The van der Waals surface area contributed by atoms with Crippen LogP contribution in [0.15, 0.2) is 48.8 Å². The van der Waals surface area contributed by atoms with E-state index in [2.05, 4.69) is 29.2 Å². The Morgan fingerprint density at radius 3 is 2.53 bits per heavy atom. The zero-order valence-corrected chi connectivity index (χ0v) is 10.1. The van der Waals surface area contributed by atoms with Gasteiger partial charge in [0.15, 0.2) is 0 Å². The number of methoxy groups -OCH3 is 1. The Kier molecular flexibility index (Phi) is 4.14. The number of benzene rings is 1. The lowest BCUT2D eigenvalue weighted by atomic mass is 10.0. The smallest absolute Gasteiger partial charge is 0.119 e. The van der Waals surface area contributed by atoms with E-state index < -0.39 is 0 Å². The molecular formula is C15H17NO. The summed E-state index contributed by atoms with van der Waals surface area (Å²) in [7, 11) is 1.70. The van der Waals surface area contributed by atoms with Gasteiger partial charge in [-0.3, -0.25) is 4.98 Å². The second-order valence-electron chi connectivity index (χ2n) is 4.06. The van der Waals surface area contributed by atoms with Crippen LogP contribution < -0.4 is 4.74 Å². The fraction of sp³-hybridized carbons (Fsp3) is 0.267. The SMILES string of the molecule is COc1cccc(CCCc2ccncc2)c1. The zero-order valence-electron chi connectivity index (χ0n) is 10.1. The predicted molar refractivity (Wildman–Crippen MR) is 69.3 cm³/mol. The summed E-state index contributed by atoms with van der Waals surface area (Å²) in [5.41, 5.74) is 2.68. The summed E-state index contributed by atoms with van der Waals surface area (Å²) < 4.78 is 5.21. The van der Waals surface area contributed by atoms with Gasteiger partial charge in [-0.05, 0) is 54.7 Å². The lowest BCUT2D eigenvalue weighted by Crippen LogP contribution is -1.91. The van der Waals surface area contributed by atoms with Gasteiger partial charge < -0.3 is 4.74 Å². The van der Waals surface area contributed by atoms with E-state index in [0.717, 1.165) is 25.0 Å². The first kappa shape index (κ1) is 11.6. The van der Waals surface area contributed by atoms with Crippen molar-refractivity contribution in [1.82, 2.24) is 4.98 Å². The quantitative estimate of drug-likeness (QED) is 0.782. The van der Waals surface area contributed by atoms with Gasteiger partial charge in [-0.25, -0.2) is 0 Å². The Morgan fingerprint density at radius 2 is 1.76 bits per heavy atom. The van der Waals surface area contributed by atoms with Crippen molar-refractivity contribution >= 4 is 0 Å². The van der Waals surface area contributed by atoms with Crippen molar-refractivity contribution in [2.24, 2.45) is 0 Å². The maximum Gasteiger partial charge on any atom is 0.119 e. The standard InChI is InChI=1S/C15H17NO/c1-17-15-7-3-6-14(12-15)5-2-4-13-8-10-16-11-9-13/h3,6-12H,2,4-5H2,1H3. The lowest BCUT2D eigenvalue weighted by Gasteiger charge is -2.04. The van der Waals surface area contributed by atoms with Crippen LogP contribution in [0, 0.1) is 0 Å². The molecule has 0 saturated heterocycles. The predicted octanol–water partition coefficient (Wildman–Crippen LogP) is 3.27. The average Bonchev–Trinajstić information content (AvgIpc) is 2.40. The molecule has 1 aromatic carbocycles. The van der Waals surface area contributed by atoms with Crippen molar-refractivity contribution in [3.63, 3.8) is 0 Å². The van der Waals surface area contributed by atoms with E-state index in [4.69, 9.17) is 4.74 Å². The number of nitrogens with zero attached hydrogens (tertiary/aromatic N) is 1. The van der Waals surface area contributed by atoms with Crippen molar-refractivity contribution in [2.75, 3.05) is 7.11 Å². The minimum absolute atomic E-state index is 0.936. The zero-order chi connectivity index (χ0) is 11.9. The minimum atomic E-state index is 0.936. The van der Waals surface area contributed by atoms with Gasteiger partial charge in [-0.1, -0.05) is 12.1 Å². The monoisotopic (exact) mass is 227 g/mol. The molecule has 0 aliphatic carbocycles. The van der Waals surface area contributed by atoms with Crippen molar-refractivity contribution in [3.8, 4) is 5.75 Å². The first-order chi connectivity index (χ1) is 8.38. The molecule has 88 valence electrons. The van der Waals surface area contributed by atoms with Gasteiger partial charge in [0.05, 0.1) is 7.11 Å². The van der Waals surface area contributed by atoms with E-state index in [9.17, 15) is 0 Å². The van der Waals surface area contributed by atoms with Crippen LogP contribution in [-0.2, 0) is 12.8 Å². The average molecular weight is 227 g/mol. The Bertz CT molecular complexity index is 453. The molecule has 0 aliphatic rings. The number of rotatable bonds is 5. The summed E-state index contributed by atoms with van der Waals surface area (Å²) in [5.74, 6) is 0.936. The summed E-state index contributed by atoms with van der Waals surface area (Å²) in [4.78, 5) is 4.02. The van der Waals surface area contributed by atoms with Crippen LogP contribution >= 0.6 is 0 Å². The highest BCUT2D eigenvalue weighted by molar-refractivity contribution is 5.28. The van der Waals surface area contributed by atoms with E-state index >= 15 is 0 Å². The van der Waals surface area contributed by atoms with Crippen LogP contribution in [-0.4, -0.2) is 12.1 Å². The van der Waals surface area contributed by atoms with E-state index in [1.54, 1.807) is 7.11 Å². The number of hydrogen-bond donors (Lipinski definition) is 0. The van der Waals surface area contributed by atoms with Crippen LogP contribution in [0.1, 0.15) is 17.5 Å². The third-order valence-electron chi connectivity index (χ3n) is 2.81. The third kappa shape index (κ3) is 3.59. The summed E-state index contributed by atoms with van der Waals surface area (Å²) in [5, 5.41) is 0. The highest BCUT2D eigenvalue weighted by atomic mass is 16.5. The van der Waals surface area contributed by atoms with Crippen LogP contribution in [0.3, 0.4) is 0 Å². The Labute approximate surface area is 102 Å². The summed E-state index contributed by atoms with van der Waals surface area (Å²) >= 11 is 0. The first-order valence-corrected chi connectivity index (χ1v) is 5.90. The highest BCUT2D eigenvalue weighted by Gasteiger charge is 1.97. The second-order valence-corrected chi connectivity index (χ2v) is 4.06. The molecule has 0 aliphatic heterocycles. The van der Waals surface area contributed by atoms with Crippen molar-refractivity contribution in [2.45, 2.75) is 19.3 Å². The van der Waals surface area contributed by atoms with Gasteiger partial charge in [0, 0.05) is 12.4 Å². The highest BCUT2D eigenvalue weighted by Crippen LogP contribution is 2.14. The van der Waals surface area contributed by atoms with E-state index in [1.807, 2.05) is 24.5 Å². The fourth-order valence-electron chi connectivity index (χ4n) is 1.87. The van der Waals surface area contributed by atoms with Crippen molar-refractivity contribution in [1.29, 1.82) is 0 Å². The van der Waals surface area contributed by atoms with Gasteiger partial charge >= 0.3 is 0 Å². The molecule has 2 rings (SSSR count). The third-order valence-corrected chi connectivity index (χ3v) is 2.81. The molecule has 1 aromatic heterocycles. The maximum absolute atomic E-state index is 5.21. The Hall–Kier alpha value is -1.83. The molecule has 1 heterocycles. The molecule has 0 fully saturated rings. The molecule has 0 bridgehead atoms. The number of ether oxygens (including phenoxy) is 1. The molecule has 0 radical (unpaired) electrons. The molecule has 2 aromatic rings. The number of aromatic nitrogens is 1. The lowest BCUT2D eigenvalue weighted by molar-refractivity contribution is 0.414. The second kappa shape index (κ2) is 6.04. The van der Waals surface area contributed by atoms with Gasteiger partial charge in [0.2, 0.25) is 0 Å². The molecule has 0 saturated carbocycles. The van der Waals surface area contributed by atoms with Crippen LogP contribution in [0.25, 0.3) is 0 Å². The van der Waals surface area contributed by atoms with Gasteiger partial charge in [0.25, 0.3) is 0 Å². The molecule has 0 amide bonds. The number of hydrogen-bond acceptors (Lipinski definition) is 2. The molecule has 0 unspecified atom stereocenters. The summed E-state index contributed by atoms with van der Waals surface area (Å²) in [6.45, 7) is 0. The van der Waals surface area contributed by atoms with Gasteiger partial charge in [-0.15, -0.1) is 0 Å². The minimum Gasteiger partial charge on any atom is -0.497 e. The number of aryl methyl sites for hydroxylation is 2. The normalized spacial score (nSPS) is 10.2. The topological polar surface area (TPSA) is 22.1 Å².